The van der Waals surface area contributed by atoms with Gasteiger partial charge in [-0.25, -0.2) is 0 Å². The number of halogens is 1. The van der Waals surface area contributed by atoms with E-state index in [1.54, 1.807) is 6.07 Å². The lowest BCUT2D eigenvalue weighted by atomic mass is 10.0. The van der Waals surface area contributed by atoms with Gasteiger partial charge in [0.25, 0.3) is 0 Å². The minimum atomic E-state index is -0.977. The van der Waals surface area contributed by atoms with Gasteiger partial charge in [0.2, 0.25) is 0 Å². The second-order valence-corrected chi connectivity index (χ2v) is 3.75. The average molecular weight is 270 g/mol. The lowest BCUT2D eigenvalue weighted by molar-refractivity contribution is -0.136. The number of carboxylic acid groups (broad SMARTS) is 1. The van der Waals surface area contributed by atoms with Gasteiger partial charge in [0.1, 0.15) is 6.07 Å². The molecule has 0 saturated carbocycles. The molecule has 0 radical (unpaired) electrons. The summed E-state index contributed by atoms with van der Waals surface area (Å²) in [5.74, 6) is -0.977. The molecule has 0 aliphatic rings. The summed E-state index contributed by atoms with van der Waals surface area (Å²) in [5, 5.41) is 26.4. The Bertz CT molecular complexity index is 437. The molecule has 15 heavy (non-hydrogen) atoms. The minimum absolute atomic E-state index is 0.177. The Balaban J connectivity index is 3.25. The topological polar surface area (TPSA) is 81.3 Å². The fraction of sp³-hybridized carbons (Fsp3) is 0.200. The third kappa shape index (κ3) is 2.78. The Labute approximate surface area is 94.9 Å². The van der Waals surface area contributed by atoms with Gasteiger partial charge in [-0.3, -0.25) is 4.79 Å². The zero-order chi connectivity index (χ0) is 11.4. The first kappa shape index (κ1) is 11.7. The van der Waals surface area contributed by atoms with E-state index in [0.29, 0.717) is 21.2 Å². The molecule has 1 aromatic rings. The number of carbonyl (C=O) groups is 1. The Morgan fingerprint density at radius 1 is 1.53 bits per heavy atom. The van der Waals surface area contributed by atoms with E-state index in [-0.39, 0.29) is 13.0 Å². The maximum atomic E-state index is 10.6. The zero-order valence-electron chi connectivity index (χ0n) is 7.70. The normalized spacial score (nSPS) is 9.67. The Morgan fingerprint density at radius 3 is 2.67 bits per heavy atom. The van der Waals surface area contributed by atoms with Gasteiger partial charge in [-0.05, 0) is 33.1 Å². The third-order valence-corrected chi connectivity index (χ3v) is 2.79. The molecule has 0 aliphatic heterocycles. The van der Waals surface area contributed by atoms with Crippen LogP contribution in [0.4, 0.5) is 0 Å². The van der Waals surface area contributed by atoms with Crippen LogP contribution < -0.4 is 0 Å². The summed E-state index contributed by atoms with van der Waals surface area (Å²) in [6.45, 7) is -0.214. The number of aliphatic hydroxyl groups is 1. The average Bonchev–Trinajstić information content (AvgIpc) is 2.20. The highest BCUT2D eigenvalue weighted by molar-refractivity contribution is 9.10. The van der Waals surface area contributed by atoms with Crippen LogP contribution in [0, 0.1) is 11.3 Å². The number of nitriles is 1. The molecule has 5 heteroatoms. The number of aliphatic hydroxyl groups excluding tert-OH is 1. The first-order valence-corrected chi connectivity index (χ1v) is 4.91. The Morgan fingerprint density at radius 2 is 2.20 bits per heavy atom. The van der Waals surface area contributed by atoms with E-state index in [1.807, 2.05) is 6.07 Å². The highest BCUT2D eigenvalue weighted by atomic mass is 79.9. The third-order valence-electron chi connectivity index (χ3n) is 1.85. The van der Waals surface area contributed by atoms with Crippen LogP contribution in [-0.2, 0) is 17.8 Å². The van der Waals surface area contributed by atoms with Crippen molar-refractivity contribution in [2.45, 2.75) is 13.0 Å². The maximum Gasteiger partial charge on any atom is 0.307 e. The van der Waals surface area contributed by atoms with Crippen molar-refractivity contribution in [3.63, 3.8) is 0 Å². The first-order chi connectivity index (χ1) is 7.08. The van der Waals surface area contributed by atoms with E-state index in [4.69, 9.17) is 15.5 Å². The van der Waals surface area contributed by atoms with Gasteiger partial charge in [-0.1, -0.05) is 6.07 Å². The van der Waals surface area contributed by atoms with Crippen molar-refractivity contribution in [2.75, 3.05) is 0 Å². The molecule has 0 aliphatic carbocycles. The molecule has 0 unspecified atom stereocenters. The van der Waals surface area contributed by atoms with Crippen molar-refractivity contribution in [1.29, 1.82) is 5.26 Å². The van der Waals surface area contributed by atoms with Crippen LogP contribution in [0.1, 0.15) is 16.7 Å². The standard InChI is InChI=1S/C10H8BrNO3/c11-10-7(3-9(14)15)1-6(5-13)2-8(10)4-12/h1-2,13H,3,5H2,(H,14,15). The van der Waals surface area contributed by atoms with Crippen molar-refractivity contribution in [1.82, 2.24) is 0 Å². The Hall–Kier alpha value is -1.38. The lowest BCUT2D eigenvalue weighted by Gasteiger charge is -2.06. The molecule has 0 fully saturated rings. The number of carboxylic acids is 1. The van der Waals surface area contributed by atoms with E-state index >= 15 is 0 Å². The van der Waals surface area contributed by atoms with Gasteiger partial charge in [0, 0.05) is 4.47 Å². The van der Waals surface area contributed by atoms with Gasteiger partial charge in [-0.15, -0.1) is 0 Å². The van der Waals surface area contributed by atoms with Crippen LogP contribution >= 0.6 is 15.9 Å². The lowest BCUT2D eigenvalue weighted by Crippen LogP contribution is -2.03. The van der Waals surface area contributed by atoms with Gasteiger partial charge in [0.05, 0.1) is 18.6 Å². The molecule has 0 spiro atoms. The van der Waals surface area contributed by atoms with Crippen molar-refractivity contribution < 1.29 is 15.0 Å². The summed E-state index contributed by atoms with van der Waals surface area (Å²) in [7, 11) is 0. The van der Waals surface area contributed by atoms with Crippen molar-refractivity contribution in [3.8, 4) is 6.07 Å². The fourth-order valence-electron chi connectivity index (χ4n) is 1.21. The van der Waals surface area contributed by atoms with Gasteiger partial charge >= 0.3 is 5.97 Å². The smallest absolute Gasteiger partial charge is 0.307 e. The molecule has 0 aromatic heterocycles. The summed E-state index contributed by atoms with van der Waals surface area (Å²) in [6.07, 6.45) is -0.177. The van der Waals surface area contributed by atoms with Crippen LogP contribution in [0.15, 0.2) is 16.6 Å². The van der Waals surface area contributed by atoms with E-state index in [9.17, 15) is 4.79 Å². The summed E-state index contributed by atoms with van der Waals surface area (Å²) in [6, 6.07) is 5.02. The molecular weight excluding hydrogens is 262 g/mol. The number of hydrogen-bond donors (Lipinski definition) is 2. The van der Waals surface area contributed by atoms with Crippen molar-refractivity contribution in [3.05, 3.63) is 33.3 Å². The van der Waals surface area contributed by atoms with E-state index in [0.717, 1.165) is 0 Å². The zero-order valence-corrected chi connectivity index (χ0v) is 9.28. The molecule has 2 N–H and O–H groups in total. The number of hydrogen-bond acceptors (Lipinski definition) is 3. The van der Waals surface area contributed by atoms with Crippen LogP contribution in [0.2, 0.25) is 0 Å². The van der Waals surface area contributed by atoms with Crippen LogP contribution in [0.5, 0.6) is 0 Å². The second kappa shape index (κ2) is 4.91. The van der Waals surface area contributed by atoms with Crippen LogP contribution in [0.3, 0.4) is 0 Å². The maximum absolute atomic E-state index is 10.6. The molecule has 0 heterocycles. The molecule has 0 amide bonds. The van der Waals surface area contributed by atoms with E-state index in [2.05, 4.69) is 15.9 Å². The summed E-state index contributed by atoms with van der Waals surface area (Å²) >= 11 is 3.17. The van der Waals surface area contributed by atoms with E-state index < -0.39 is 5.97 Å². The first-order valence-electron chi connectivity index (χ1n) is 4.12. The van der Waals surface area contributed by atoms with Crippen molar-refractivity contribution >= 4 is 21.9 Å². The monoisotopic (exact) mass is 269 g/mol. The Kier molecular flexibility index (Phi) is 3.83. The number of benzene rings is 1. The molecule has 0 atom stereocenters. The summed E-state index contributed by atoms with van der Waals surface area (Å²) < 4.78 is 0.476. The highest BCUT2D eigenvalue weighted by Crippen LogP contribution is 2.24. The van der Waals surface area contributed by atoms with Crippen molar-refractivity contribution in [2.24, 2.45) is 0 Å². The quantitative estimate of drug-likeness (QED) is 0.870. The van der Waals surface area contributed by atoms with E-state index in [1.165, 1.54) is 6.07 Å². The number of aliphatic carboxylic acids is 1. The summed E-state index contributed by atoms with van der Waals surface area (Å²) in [5.41, 5.74) is 1.36. The van der Waals surface area contributed by atoms with Gasteiger partial charge in [0.15, 0.2) is 0 Å². The predicted octanol–water partition coefficient (Wildman–Crippen LogP) is 1.44. The second-order valence-electron chi connectivity index (χ2n) is 2.96. The molecule has 4 nitrogen and oxygen atoms in total. The minimum Gasteiger partial charge on any atom is -0.481 e. The number of nitrogens with zero attached hydrogens (tertiary/aromatic N) is 1. The van der Waals surface area contributed by atoms with Gasteiger partial charge < -0.3 is 10.2 Å². The SMILES string of the molecule is N#Cc1cc(CO)cc(CC(=O)O)c1Br. The van der Waals surface area contributed by atoms with Crippen LogP contribution in [0.25, 0.3) is 0 Å². The van der Waals surface area contributed by atoms with Gasteiger partial charge in [-0.2, -0.15) is 5.26 Å². The molecule has 0 bridgehead atoms. The number of rotatable bonds is 3. The molecule has 1 rings (SSSR count). The predicted molar refractivity (Wildman–Crippen MR) is 56.1 cm³/mol. The highest BCUT2D eigenvalue weighted by Gasteiger charge is 2.10. The van der Waals surface area contributed by atoms with Crippen LogP contribution in [-0.4, -0.2) is 16.2 Å². The molecule has 78 valence electrons. The molecule has 0 saturated heterocycles. The fourth-order valence-corrected chi connectivity index (χ4v) is 1.67. The molecule has 1 aromatic carbocycles. The summed E-state index contributed by atoms with van der Waals surface area (Å²) in [4.78, 5) is 10.6. The largest absolute Gasteiger partial charge is 0.481 e. The molecular formula is C10H8BrNO3.